The summed E-state index contributed by atoms with van der Waals surface area (Å²) < 4.78 is 1.69. The molecule has 2 aromatic rings. The summed E-state index contributed by atoms with van der Waals surface area (Å²) in [6, 6.07) is 8.77. The van der Waals surface area contributed by atoms with E-state index >= 15 is 0 Å². The lowest BCUT2D eigenvalue weighted by Crippen LogP contribution is -2.12. The van der Waals surface area contributed by atoms with Crippen molar-refractivity contribution in [2.45, 2.75) is 6.92 Å². The van der Waals surface area contributed by atoms with Crippen LogP contribution in [0.5, 0.6) is 0 Å². The van der Waals surface area contributed by atoms with Crippen LogP contribution in [0.15, 0.2) is 34.8 Å². The predicted molar refractivity (Wildman–Crippen MR) is 95.4 cm³/mol. The first-order chi connectivity index (χ1) is 9.38. The maximum atomic E-state index is 12.2. The average molecular weight is 466 g/mol. The van der Waals surface area contributed by atoms with Crippen LogP contribution >= 0.6 is 50.1 Å². The zero-order valence-corrected chi connectivity index (χ0v) is 15.0. The van der Waals surface area contributed by atoms with Gasteiger partial charge in [0.05, 0.1) is 10.7 Å². The number of nitrogen functional groups attached to an aromatic ring is 1. The van der Waals surface area contributed by atoms with Gasteiger partial charge in [0.15, 0.2) is 0 Å². The topological polar surface area (TPSA) is 55.1 Å². The number of aryl methyl sites for hydroxylation is 1. The molecule has 6 heteroatoms. The van der Waals surface area contributed by atoms with Crippen LogP contribution in [0.4, 0.5) is 11.4 Å². The predicted octanol–water partition coefficient (Wildman–Crippen LogP) is 4.85. The molecule has 0 spiro atoms. The van der Waals surface area contributed by atoms with Crippen molar-refractivity contribution < 1.29 is 4.79 Å². The van der Waals surface area contributed by atoms with E-state index in [1.165, 1.54) is 0 Å². The second-order valence-electron chi connectivity index (χ2n) is 4.27. The number of hydrogen-bond acceptors (Lipinski definition) is 2. The van der Waals surface area contributed by atoms with Gasteiger partial charge in [0.2, 0.25) is 0 Å². The number of hydrogen-bond donors (Lipinski definition) is 2. The maximum Gasteiger partial charge on any atom is 0.255 e. The van der Waals surface area contributed by atoms with E-state index < -0.39 is 0 Å². The molecule has 0 fully saturated rings. The number of anilines is 2. The second-order valence-corrected chi connectivity index (χ2v) is 6.70. The first-order valence-electron chi connectivity index (χ1n) is 5.70. The van der Waals surface area contributed by atoms with Crippen LogP contribution in [0.25, 0.3) is 0 Å². The van der Waals surface area contributed by atoms with Crippen molar-refractivity contribution >= 4 is 67.4 Å². The van der Waals surface area contributed by atoms with E-state index in [4.69, 9.17) is 17.3 Å². The third-order valence-corrected chi connectivity index (χ3v) is 5.01. The SMILES string of the molecule is Cc1cc(Br)c(NC(=O)c2ccc(I)c(Cl)c2)cc1N. The number of nitrogens with two attached hydrogens (primary N) is 1. The molecule has 0 aromatic heterocycles. The molecule has 0 bridgehead atoms. The van der Waals surface area contributed by atoms with Crippen LogP contribution in [0.2, 0.25) is 5.02 Å². The van der Waals surface area contributed by atoms with Gasteiger partial charge in [0.25, 0.3) is 5.91 Å². The second kappa shape index (κ2) is 6.32. The molecule has 0 saturated heterocycles. The summed E-state index contributed by atoms with van der Waals surface area (Å²) in [5, 5.41) is 3.37. The lowest BCUT2D eigenvalue weighted by atomic mass is 10.1. The molecule has 104 valence electrons. The van der Waals surface area contributed by atoms with Gasteiger partial charge in [0, 0.05) is 19.3 Å². The Labute approximate surface area is 144 Å². The molecule has 20 heavy (non-hydrogen) atoms. The summed E-state index contributed by atoms with van der Waals surface area (Å²) in [5.41, 5.74) is 8.57. The van der Waals surface area contributed by atoms with E-state index in [0.717, 1.165) is 13.6 Å². The summed E-state index contributed by atoms with van der Waals surface area (Å²) >= 11 is 11.5. The number of benzene rings is 2. The van der Waals surface area contributed by atoms with E-state index in [-0.39, 0.29) is 5.91 Å². The molecule has 0 aliphatic heterocycles. The Morgan fingerprint density at radius 2 is 2.05 bits per heavy atom. The normalized spacial score (nSPS) is 10.4. The Balaban J connectivity index is 2.27. The summed E-state index contributed by atoms with van der Waals surface area (Å²) in [4.78, 5) is 12.2. The van der Waals surface area contributed by atoms with Crippen molar-refractivity contribution in [3.05, 3.63) is 54.5 Å². The van der Waals surface area contributed by atoms with Gasteiger partial charge >= 0.3 is 0 Å². The number of carbonyl (C=O) groups excluding carboxylic acids is 1. The van der Waals surface area contributed by atoms with Gasteiger partial charge in [-0.25, -0.2) is 0 Å². The summed E-state index contributed by atoms with van der Waals surface area (Å²) in [7, 11) is 0. The molecular weight excluding hydrogens is 454 g/mol. The van der Waals surface area contributed by atoms with Gasteiger partial charge in [-0.3, -0.25) is 4.79 Å². The lowest BCUT2D eigenvalue weighted by Gasteiger charge is -2.10. The van der Waals surface area contributed by atoms with Gasteiger partial charge in [-0.1, -0.05) is 11.6 Å². The fourth-order valence-corrected chi connectivity index (χ4v) is 2.69. The van der Waals surface area contributed by atoms with Crippen molar-refractivity contribution in [3.8, 4) is 0 Å². The quantitative estimate of drug-likeness (QED) is 0.492. The van der Waals surface area contributed by atoms with Gasteiger partial charge in [-0.15, -0.1) is 0 Å². The minimum Gasteiger partial charge on any atom is -0.398 e. The minimum atomic E-state index is -0.229. The smallest absolute Gasteiger partial charge is 0.255 e. The largest absolute Gasteiger partial charge is 0.398 e. The van der Waals surface area contributed by atoms with Crippen LogP contribution in [-0.2, 0) is 0 Å². The molecule has 2 rings (SSSR count). The van der Waals surface area contributed by atoms with E-state index in [1.54, 1.807) is 24.3 Å². The van der Waals surface area contributed by atoms with Crippen molar-refractivity contribution in [3.63, 3.8) is 0 Å². The zero-order valence-electron chi connectivity index (χ0n) is 10.5. The molecule has 0 heterocycles. The van der Waals surface area contributed by atoms with E-state index in [9.17, 15) is 4.79 Å². The Morgan fingerprint density at radius 3 is 2.70 bits per heavy atom. The minimum absolute atomic E-state index is 0.229. The number of amides is 1. The van der Waals surface area contributed by atoms with Gasteiger partial charge in [-0.05, 0) is 81.3 Å². The third-order valence-electron chi connectivity index (χ3n) is 2.79. The molecular formula is C14H11BrClIN2O. The summed E-state index contributed by atoms with van der Waals surface area (Å²) in [6.45, 7) is 1.91. The van der Waals surface area contributed by atoms with Crippen molar-refractivity contribution in [2.75, 3.05) is 11.1 Å². The molecule has 0 saturated carbocycles. The van der Waals surface area contributed by atoms with Gasteiger partial charge in [0.1, 0.15) is 0 Å². The number of carbonyl (C=O) groups is 1. The highest BCUT2D eigenvalue weighted by atomic mass is 127. The molecule has 0 aliphatic carbocycles. The molecule has 2 aromatic carbocycles. The van der Waals surface area contributed by atoms with Crippen LogP contribution in [0, 0.1) is 10.5 Å². The van der Waals surface area contributed by atoms with E-state index in [2.05, 4.69) is 43.8 Å². The van der Waals surface area contributed by atoms with Crippen molar-refractivity contribution in [1.29, 1.82) is 0 Å². The number of rotatable bonds is 2. The highest BCUT2D eigenvalue weighted by Crippen LogP contribution is 2.28. The van der Waals surface area contributed by atoms with Crippen LogP contribution in [-0.4, -0.2) is 5.91 Å². The van der Waals surface area contributed by atoms with E-state index in [0.29, 0.717) is 22.0 Å². The number of nitrogens with one attached hydrogen (secondary N) is 1. The molecule has 0 aliphatic rings. The zero-order chi connectivity index (χ0) is 14.9. The first-order valence-corrected chi connectivity index (χ1v) is 7.95. The summed E-state index contributed by atoms with van der Waals surface area (Å²) in [6.07, 6.45) is 0. The van der Waals surface area contributed by atoms with Crippen molar-refractivity contribution in [1.82, 2.24) is 0 Å². The molecule has 0 atom stereocenters. The van der Waals surface area contributed by atoms with Crippen LogP contribution in [0.1, 0.15) is 15.9 Å². The molecule has 0 unspecified atom stereocenters. The molecule has 3 N–H and O–H groups in total. The van der Waals surface area contributed by atoms with Crippen LogP contribution in [0.3, 0.4) is 0 Å². The maximum absolute atomic E-state index is 12.2. The number of halogens is 3. The highest BCUT2D eigenvalue weighted by Gasteiger charge is 2.11. The van der Waals surface area contributed by atoms with E-state index in [1.807, 2.05) is 13.0 Å². The Kier molecular flexibility index (Phi) is 4.93. The summed E-state index contributed by atoms with van der Waals surface area (Å²) in [5.74, 6) is -0.229. The fourth-order valence-electron chi connectivity index (χ4n) is 1.62. The Morgan fingerprint density at radius 1 is 1.35 bits per heavy atom. The van der Waals surface area contributed by atoms with Crippen LogP contribution < -0.4 is 11.1 Å². The lowest BCUT2D eigenvalue weighted by molar-refractivity contribution is 0.102. The molecule has 3 nitrogen and oxygen atoms in total. The standard InChI is InChI=1S/C14H11BrClIN2O/c1-7-4-9(15)13(6-12(7)18)19-14(20)8-2-3-11(17)10(16)5-8/h2-6H,18H2,1H3,(H,19,20). The average Bonchev–Trinajstić information content (AvgIpc) is 2.39. The monoisotopic (exact) mass is 464 g/mol. The Hall–Kier alpha value is -0.790. The Bertz CT molecular complexity index is 691. The van der Waals surface area contributed by atoms with Gasteiger partial charge in [-0.2, -0.15) is 0 Å². The highest BCUT2D eigenvalue weighted by molar-refractivity contribution is 14.1. The fraction of sp³-hybridized carbons (Fsp3) is 0.0714. The first kappa shape index (κ1) is 15.6. The molecule has 1 amide bonds. The van der Waals surface area contributed by atoms with Gasteiger partial charge < -0.3 is 11.1 Å². The third kappa shape index (κ3) is 3.45. The van der Waals surface area contributed by atoms with Crippen molar-refractivity contribution in [2.24, 2.45) is 0 Å². The molecule has 0 radical (unpaired) electrons.